The van der Waals surface area contributed by atoms with Crippen molar-refractivity contribution in [2.45, 2.75) is 37.8 Å². The second-order valence-electron chi connectivity index (χ2n) is 6.78. The van der Waals surface area contributed by atoms with E-state index in [1.165, 1.54) is 4.90 Å². The molecule has 2 heterocycles. The summed E-state index contributed by atoms with van der Waals surface area (Å²) in [7, 11) is 1.69. The van der Waals surface area contributed by atoms with Crippen molar-refractivity contribution in [1.29, 1.82) is 0 Å². The van der Waals surface area contributed by atoms with Crippen molar-refractivity contribution in [3.05, 3.63) is 36.4 Å². The highest BCUT2D eigenvalue weighted by atomic mass is 16.5. The van der Waals surface area contributed by atoms with Crippen LogP contribution in [0.25, 0.3) is 0 Å². The molecule has 1 aromatic carbocycles. The van der Waals surface area contributed by atoms with Gasteiger partial charge in [0.15, 0.2) is 6.61 Å². The summed E-state index contributed by atoms with van der Waals surface area (Å²) in [5.74, 6) is 0.377. The van der Waals surface area contributed by atoms with E-state index in [0.29, 0.717) is 23.0 Å². The molecular formula is C18H21N5O3. The molecule has 0 bridgehead atoms. The van der Waals surface area contributed by atoms with Crippen LogP contribution >= 0.6 is 0 Å². The number of likely N-dealkylation sites (N-methyl/N-ethyl adjacent to an activating group) is 1. The normalized spacial score (nSPS) is 22.5. The molecule has 1 fully saturated rings. The van der Waals surface area contributed by atoms with Crippen LogP contribution in [0.1, 0.15) is 42.1 Å². The van der Waals surface area contributed by atoms with E-state index in [0.717, 1.165) is 25.7 Å². The largest absolute Gasteiger partial charge is 0.482 e. The molecule has 0 saturated heterocycles. The molecule has 0 unspecified atom stereocenters. The summed E-state index contributed by atoms with van der Waals surface area (Å²) in [6, 6.07) is 5.69. The first-order valence-corrected chi connectivity index (χ1v) is 8.80. The van der Waals surface area contributed by atoms with Crippen LogP contribution < -0.4 is 15.0 Å². The van der Waals surface area contributed by atoms with E-state index in [1.807, 2.05) is 4.68 Å². The minimum atomic E-state index is -0.124. The monoisotopic (exact) mass is 355 g/mol. The number of nitrogens with zero attached hydrogens (tertiary/aromatic N) is 4. The summed E-state index contributed by atoms with van der Waals surface area (Å²) in [6.07, 6.45) is 7.03. The fourth-order valence-electron chi connectivity index (χ4n) is 3.57. The average Bonchev–Trinajstić information content (AvgIpc) is 3.20. The van der Waals surface area contributed by atoms with E-state index < -0.39 is 0 Å². The number of amides is 2. The third-order valence-corrected chi connectivity index (χ3v) is 5.15. The molecule has 26 heavy (non-hydrogen) atoms. The molecule has 0 radical (unpaired) electrons. The topological polar surface area (TPSA) is 89.4 Å². The SMILES string of the molecule is CN1C(=O)COc2ccc(C(=O)NC3CCC(n4cncn4)CC3)cc21. The Balaban J connectivity index is 1.39. The molecular weight excluding hydrogens is 334 g/mol. The van der Waals surface area contributed by atoms with Crippen LogP contribution in [0.5, 0.6) is 5.75 Å². The zero-order valence-corrected chi connectivity index (χ0v) is 14.6. The predicted octanol–water partition coefficient (Wildman–Crippen LogP) is 1.55. The molecule has 8 nitrogen and oxygen atoms in total. The van der Waals surface area contributed by atoms with Gasteiger partial charge in [-0.3, -0.25) is 9.59 Å². The van der Waals surface area contributed by atoms with Crippen LogP contribution in [0.3, 0.4) is 0 Å². The lowest BCUT2D eigenvalue weighted by molar-refractivity contribution is -0.120. The van der Waals surface area contributed by atoms with Gasteiger partial charge in [0.05, 0.1) is 11.7 Å². The molecule has 1 aliphatic carbocycles. The van der Waals surface area contributed by atoms with Crippen LogP contribution in [0.2, 0.25) is 0 Å². The molecule has 4 rings (SSSR count). The molecule has 1 saturated carbocycles. The van der Waals surface area contributed by atoms with Gasteiger partial charge in [0.2, 0.25) is 0 Å². The fourth-order valence-corrected chi connectivity index (χ4v) is 3.57. The maximum Gasteiger partial charge on any atom is 0.264 e. The lowest BCUT2D eigenvalue weighted by Gasteiger charge is -2.29. The highest BCUT2D eigenvalue weighted by Crippen LogP contribution is 2.32. The number of fused-ring (bicyclic) bond motifs is 1. The third-order valence-electron chi connectivity index (χ3n) is 5.15. The molecule has 2 aliphatic rings. The lowest BCUT2D eigenvalue weighted by atomic mass is 9.91. The number of rotatable bonds is 3. The number of benzene rings is 1. The molecule has 0 spiro atoms. The zero-order valence-electron chi connectivity index (χ0n) is 14.6. The van der Waals surface area contributed by atoms with Gasteiger partial charge in [-0.15, -0.1) is 0 Å². The number of carbonyl (C=O) groups is 2. The first-order chi connectivity index (χ1) is 12.6. The molecule has 1 aliphatic heterocycles. The van der Waals surface area contributed by atoms with Gasteiger partial charge in [-0.1, -0.05) is 0 Å². The van der Waals surface area contributed by atoms with Crippen molar-refractivity contribution >= 4 is 17.5 Å². The van der Waals surface area contributed by atoms with Crippen LogP contribution in [0.4, 0.5) is 5.69 Å². The Morgan fingerprint density at radius 3 is 2.81 bits per heavy atom. The standard InChI is InChI=1S/C18H21N5O3/c1-22-15-8-12(2-7-16(15)26-9-17(22)24)18(25)21-13-3-5-14(6-4-13)23-11-19-10-20-23/h2,7-8,10-11,13-14H,3-6,9H2,1H3,(H,21,25). The van der Waals surface area contributed by atoms with Crippen LogP contribution in [0.15, 0.2) is 30.9 Å². The molecule has 136 valence electrons. The highest BCUT2D eigenvalue weighted by molar-refractivity contribution is 6.01. The van der Waals surface area contributed by atoms with Gasteiger partial charge >= 0.3 is 0 Å². The van der Waals surface area contributed by atoms with Crippen molar-refractivity contribution in [3.63, 3.8) is 0 Å². The second-order valence-corrected chi connectivity index (χ2v) is 6.78. The molecule has 0 atom stereocenters. The van der Waals surface area contributed by atoms with Crippen LogP contribution in [0, 0.1) is 0 Å². The molecule has 2 aromatic rings. The Labute approximate surface area is 151 Å². The van der Waals surface area contributed by atoms with Gasteiger partial charge in [0, 0.05) is 18.7 Å². The van der Waals surface area contributed by atoms with Gasteiger partial charge in [-0.2, -0.15) is 5.10 Å². The predicted molar refractivity (Wildman–Crippen MR) is 94.1 cm³/mol. The average molecular weight is 355 g/mol. The van der Waals surface area contributed by atoms with Gasteiger partial charge in [0.25, 0.3) is 11.8 Å². The zero-order chi connectivity index (χ0) is 18.1. The van der Waals surface area contributed by atoms with Gasteiger partial charge in [-0.05, 0) is 43.9 Å². The Hall–Kier alpha value is -2.90. The number of aromatic nitrogens is 3. The number of hydrogen-bond acceptors (Lipinski definition) is 5. The summed E-state index contributed by atoms with van der Waals surface area (Å²) < 4.78 is 7.30. The number of carbonyl (C=O) groups excluding carboxylic acids is 2. The Bertz CT molecular complexity index is 812. The Morgan fingerprint density at radius 2 is 2.08 bits per heavy atom. The Kier molecular flexibility index (Phi) is 4.32. The van der Waals surface area contributed by atoms with Crippen LogP contribution in [-0.2, 0) is 4.79 Å². The summed E-state index contributed by atoms with van der Waals surface area (Å²) in [5.41, 5.74) is 1.16. The van der Waals surface area contributed by atoms with E-state index in [-0.39, 0.29) is 24.5 Å². The quantitative estimate of drug-likeness (QED) is 0.902. The molecule has 8 heteroatoms. The van der Waals surface area contributed by atoms with E-state index in [1.54, 1.807) is 37.9 Å². The lowest BCUT2D eigenvalue weighted by Crippen LogP contribution is -2.38. The summed E-state index contributed by atoms with van der Waals surface area (Å²) >= 11 is 0. The van der Waals surface area contributed by atoms with Crippen molar-refractivity contribution in [1.82, 2.24) is 20.1 Å². The van der Waals surface area contributed by atoms with E-state index in [2.05, 4.69) is 15.4 Å². The highest BCUT2D eigenvalue weighted by Gasteiger charge is 2.26. The maximum absolute atomic E-state index is 12.6. The van der Waals surface area contributed by atoms with Crippen molar-refractivity contribution < 1.29 is 14.3 Å². The number of hydrogen-bond donors (Lipinski definition) is 1. The van der Waals surface area contributed by atoms with Gasteiger partial charge in [0.1, 0.15) is 18.4 Å². The van der Waals surface area contributed by atoms with Gasteiger partial charge < -0.3 is 15.0 Å². The molecule has 1 aromatic heterocycles. The number of nitrogens with one attached hydrogen (secondary N) is 1. The first-order valence-electron chi connectivity index (χ1n) is 8.80. The van der Waals surface area contributed by atoms with Crippen molar-refractivity contribution in [2.24, 2.45) is 0 Å². The molecule has 1 N–H and O–H groups in total. The summed E-state index contributed by atoms with van der Waals surface area (Å²) in [5, 5.41) is 7.31. The number of anilines is 1. The van der Waals surface area contributed by atoms with E-state index in [4.69, 9.17) is 4.74 Å². The molecule has 2 amide bonds. The smallest absolute Gasteiger partial charge is 0.264 e. The van der Waals surface area contributed by atoms with Gasteiger partial charge in [-0.25, -0.2) is 9.67 Å². The van der Waals surface area contributed by atoms with Crippen molar-refractivity contribution in [3.8, 4) is 5.75 Å². The Morgan fingerprint density at radius 1 is 1.27 bits per heavy atom. The second kappa shape index (κ2) is 6.78. The van der Waals surface area contributed by atoms with E-state index >= 15 is 0 Å². The minimum Gasteiger partial charge on any atom is -0.482 e. The first kappa shape index (κ1) is 16.6. The number of ether oxygens (including phenoxy) is 1. The third kappa shape index (κ3) is 3.14. The maximum atomic E-state index is 12.6. The van der Waals surface area contributed by atoms with Crippen molar-refractivity contribution in [2.75, 3.05) is 18.6 Å². The van der Waals surface area contributed by atoms with Crippen LogP contribution in [-0.4, -0.2) is 46.3 Å². The summed E-state index contributed by atoms with van der Waals surface area (Å²) in [6.45, 7) is 0.0318. The minimum absolute atomic E-state index is 0.0318. The summed E-state index contributed by atoms with van der Waals surface area (Å²) in [4.78, 5) is 29.9. The fraction of sp³-hybridized carbons (Fsp3) is 0.444. The van der Waals surface area contributed by atoms with E-state index in [9.17, 15) is 9.59 Å².